The van der Waals surface area contributed by atoms with E-state index >= 15 is 0 Å². The van der Waals surface area contributed by atoms with E-state index in [-0.39, 0.29) is 17.9 Å². The molecule has 0 aliphatic rings. The largest absolute Gasteiger partial charge is 0.355 e. The van der Waals surface area contributed by atoms with Crippen molar-refractivity contribution >= 4 is 17.5 Å². The van der Waals surface area contributed by atoms with Gasteiger partial charge in [-0.15, -0.1) is 0 Å². The molecule has 0 saturated heterocycles. The highest BCUT2D eigenvalue weighted by Gasteiger charge is 2.22. The molecule has 0 aliphatic heterocycles. The van der Waals surface area contributed by atoms with Gasteiger partial charge >= 0.3 is 0 Å². The molecule has 2 aromatic rings. The second kappa shape index (κ2) is 8.79. The summed E-state index contributed by atoms with van der Waals surface area (Å²) in [6.07, 6.45) is 0. The van der Waals surface area contributed by atoms with Crippen LogP contribution >= 0.6 is 0 Å². The highest BCUT2D eigenvalue weighted by Crippen LogP contribution is 2.09. The first-order valence-electron chi connectivity index (χ1n) is 8.39. The number of hydrogen-bond donors (Lipinski definition) is 3. The number of hydrogen-bond acceptors (Lipinski definition) is 3. The molecule has 134 valence electrons. The standard InChI is InChI=1S/C20H22N4O2/c1-14(19(25)23-18-10-6-15(12-21)7-11-18)24(3)13-16-4-8-17(9-5-16)20(26)22-2/h4-11,14H,13H2,1-3H3,(H,22,26)(H,23,25)/p+1/t14-/m1/s1. The van der Waals surface area contributed by atoms with Gasteiger partial charge in [0.05, 0.1) is 18.7 Å². The topological polar surface area (TPSA) is 86.4 Å². The molecule has 26 heavy (non-hydrogen) atoms. The average Bonchev–Trinajstić information content (AvgIpc) is 2.67. The highest BCUT2D eigenvalue weighted by atomic mass is 16.2. The Morgan fingerprint density at radius 2 is 1.73 bits per heavy atom. The van der Waals surface area contributed by atoms with Gasteiger partial charge in [-0.3, -0.25) is 9.59 Å². The van der Waals surface area contributed by atoms with Crippen molar-refractivity contribution in [2.45, 2.75) is 19.5 Å². The summed E-state index contributed by atoms with van der Waals surface area (Å²) in [6, 6.07) is 15.9. The molecule has 0 aromatic heterocycles. The van der Waals surface area contributed by atoms with E-state index in [4.69, 9.17) is 5.26 Å². The molecule has 0 fully saturated rings. The number of likely N-dealkylation sites (N-methyl/N-ethyl adjacent to an activating group) is 1. The number of nitriles is 1. The van der Waals surface area contributed by atoms with E-state index in [2.05, 4.69) is 10.6 Å². The Labute approximate surface area is 153 Å². The van der Waals surface area contributed by atoms with Gasteiger partial charge in [0.25, 0.3) is 11.8 Å². The fourth-order valence-corrected chi connectivity index (χ4v) is 2.50. The first kappa shape index (κ1) is 19.2. The van der Waals surface area contributed by atoms with Crippen LogP contribution in [0.5, 0.6) is 0 Å². The van der Waals surface area contributed by atoms with E-state index < -0.39 is 0 Å². The van der Waals surface area contributed by atoms with Gasteiger partial charge in [0.15, 0.2) is 6.04 Å². The van der Waals surface area contributed by atoms with Crippen molar-refractivity contribution in [3.8, 4) is 6.07 Å². The summed E-state index contributed by atoms with van der Waals surface area (Å²) in [5.74, 6) is -0.207. The van der Waals surface area contributed by atoms with Crippen LogP contribution in [0.25, 0.3) is 0 Å². The van der Waals surface area contributed by atoms with Crippen molar-refractivity contribution in [3.63, 3.8) is 0 Å². The van der Waals surface area contributed by atoms with Gasteiger partial charge in [-0.05, 0) is 43.3 Å². The van der Waals surface area contributed by atoms with Crippen molar-refractivity contribution in [1.82, 2.24) is 5.32 Å². The summed E-state index contributed by atoms with van der Waals surface area (Å²) in [7, 11) is 3.55. The van der Waals surface area contributed by atoms with E-state index in [1.807, 2.05) is 32.2 Å². The Kier molecular flexibility index (Phi) is 6.48. The van der Waals surface area contributed by atoms with Crippen molar-refractivity contribution in [1.29, 1.82) is 5.26 Å². The zero-order valence-electron chi connectivity index (χ0n) is 15.2. The molecule has 0 spiro atoms. The number of quaternary nitrogens is 1. The lowest BCUT2D eigenvalue weighted by Crippen LogP contribution is -3.12. The maximum atomic E-state index is 12.4. The first-order chi connectivity index (χ1) is 12.4. The van der Waals surface area contributed by atoms with Gasteiger partial charge < -0.3 is 15.5 Å². The van der Waals surface area contributed by atoms with Crippen LogP contribution in [-0.2, 0) is 11.3 Å². The van der Waals surface area contributed by atoms with E-state index in [9.17, 15) is 9.59 Å². The Hall–Kier alpha value is -3.17. The minimum absolute atomic E-state index is 0.0887. The summed E-state index contributed by atoms with van der Waals surface area (Å²) in [4.78, 5) is 25.0. The average molecular weight is 351 g/mol. The lowest BCUT2D eigenvalue weighted by atomic mass is 10.1. The predicted octanol–water partition coefficient (Wildman–Crippen LogP) is 0.960. The number of nitrogens with one attached hydrogen (secondary N) is 3. The number of carbonyl (C=O) groups excluding carboxylic acids is 2. The zero-order chi connectivity index (χ0) is 19.1. The number of rotatable bonds is 6. The van der Waals surface area contributed by atoms with Crippen LogP contribution in [-0.4, -0.2) is 32.0 Å². The van der Waals surface area contributed by atoms with E-state index in [0.29, 0.717) is 23.4 Å². The molecule has 0 radical (unpaired) electrons. The van der Waals surface area contributed by atoms with Gasteiger partial charge in [-0.2, -0.15) is 5.26 Å². The molecule has 2 amide bonds. The van der Waals surface area contributed by atoms with Gasteiger partial charge in [-0.25, -0.2) is 0 Å². The first-order valence-corrected chi connectivity index (χ1v) is 8.39. The van der Waals surface area contributed by atoms with Gasteiger partial charge in [0, 0.05) is 23.9 Å². The molecule has 3 N–H and O–H groups in total. The third-order valence-electron chi connectivity index (χ3n) is 4.34. The zero-order valence-corrected chi connectivity index (χ0v) is 15.2. The second-order valence-corrected chi connectivity index (χ2v) is 6.20. The number of amides is 2. The summed E-state index contributed by atoms with van der Waals surface area (Å²) in [5, 5.41) is 14.3. The number of anilines is 1. The van der Waals surface area contributed by atoms with Crippen LogP contribution in [0.4, 0.5) is 5.69 Å². The van der Waals surface area contributed by atoms with Crippen LogP contribution in [0.3, 0.4) is 0 Å². The van der Waals surface area contributed by atoms with E-state index in [1.165, 1.54) is 0 Å². The molecule has 6 heteroatoms. The van der Waals surface area contributed by atoms with Gasteiger partial charge in [0.1, 0.15) is 6.54 Å². The number of carbonyl (C=O) groups is 2. The van der Waals surface area contributed by atoms with Crippen LogP contribution in [0.1, 0.15) is 28.4 Å². The summed E-state index contributed by atoms with van der Waals surface area (Å²) >= 11 is 0. The Morgan fingerprint density at radius 1 is 1.12 bits per heavy atom. The van der Waals surface area contributed by atoms with Crippen LogP contribution in [0.15, 0.2) is 48.5 Å². The minimum Gasteiger partial charge on any atom is -0.355 e. The summed E-state index contributed by atoms with van der Waals surface area (Å²) in [5.41, 5.74) is 2.89. The van der Waals surface area contributed by atoms with Crippen LogP contribution in [0, 0.1) is 11.3 Å². The van der Waals surface area contributed by atoms with Crippen molar-refractivity contribution in [3.05, 3.63) is 65.2 Å². The highest BCUT2D eigenvalue weighted by molar-refractivity contribution is 5.94. The molecule has 0 heterocycles. The summed E-state index contributed by atoms with van der Waals surface area (Å²) < 4.78 is 0. The second-order valence-electron chi connectivity index (χ2n) is 6.20. The third-order valence-corrected chi connectivity index (χ3v) is 4.34. The molecule has 0 bridgehead atoms. The Bertz CT molecular complexity index is 807. The fourth-order valence-electron chi connectivity index (χ4n) is 2.50. The summed E-state index contributed by atoms with van der Waals surface area (Å²) in [6.45, 7) is 2.53. The lowest BCUT2D eigenvalue weighted by molar-refractivity contribution is -0.907. The van der Waals surface area contributed by atoms with E-state index in [1.54, 1.807) is 43.4 Å². The maximum absolute atomic E-state index is 12.4. The number of benzene rings is 2. The molecular weight excluding hydrogens is 328 g/mol. The smallest absolute Gasteiger partial charge is 0.282 e. The molecule has 1 unspecified atom stereocenters. The quantitative estimate of drug-likeness (QED) is 0.724. The van der Waals surface area contributed by atoms with Crippen molar-refractivity contribution in [2.24, 2.45) is 0 Å². The maximum Gasteiger partial charge on any atom is 0.282 e. The molecule has 6 nitrogen and oxygen atoms in total. The minimum atomic E-state index is -0.260. The Balaban J connectivity index is 1.95. The fraction of sp³-hybridized carbons (Fsp3) is 0.250. The van der Waals surface area contributed by atoms with Crippen LogP contribution in [0.2, 0.25) is 0 Å². The monoisotopic (exact) mass is 351 g/mol. The predicted molar refractivity (Wildman–Crippen MR) is 99.7 cm³/mol. The third kappa shape index (κ3) is 4.91. The molecular formula is C20H23N4O2+. The van der Waals surface area contributed by atoms with Crippen LogP contribution < -0.4 is 15.5 Å². The van der Waals surface area contributed by atoms with E-state index in [0.717, 1.165) is 10.5 Å². The number of nitrogens with zero attached hydrogens (tertiary/aromatic N) is 1. The van der Waals surface area contributed by atoms with Crippen molar-refractivity contribution in [2.75, 3.05) is 19.4 Å². The van der Waals surface area contributed by atoms with Gasteiger partial charge in [-0.1, -0.05) is 12.1 Å². The molecule has 0 aliphatic carbocycles. The molecule has 2 rings (SSSR count). The molecule has 0 saturated carbocycles. The van der Waals surface area contributed by atoms with Gasteiger partial charge in [0.2, 0.25) is 0 Å². The lowest BCUT2D eigenvalue weighted by Gasteiger charge is -2.21. The Morgan fingerprint density at radius 3 is 2.27 bits per heavy atom. The van der Waals surface area contributed by atoms with Crippen molar-refractivity contribution < 1.29 is 14.5 Å². The molecule has 2 atom stereocenters. The molecule has 2 aromatic carbocycles. The SMILES string of the molecule is CNC(=O)c1ccc(C[NH+](C)[C@H](C)C(=O)Nc2ccc(C#N)cc2)cc1. The normalized spacial score (nSPS) is 12.5.